The molecule has 2 heterocycles. The van der Waals surface area contributed by atoms with Crippen LogP contribution >= 0.6 is 11.6 Å². The van der Waals surface area contributed by atoms with E-state index in [1.54, 1.807) is 36.7 Å². The maximum absolute atomic E-state index is 13.0. The summed E-state index contributed by atoms with van der Waals surface area (Å²) in [7, 11) is 0. The lowest BCUT2D eigenvalue weighted by atomic mass is 10.0. The van der Waals surface area contributed by atoms with Gasteiger partial charge in [0.2, 0.25) is 0 Å². The Kier molecular flexibility index (Phi) is 4.82. The standard InChI is InChI=1S/C18H13ClFN3O/c19-18-10-13(6-8-22-18)17(24)9-12-5-7-21-11-16(12)23-15-3-1-14(20)2-4-15/h1-8,10-11,23H,9H2. The lowest BCUT2D eigenvalue weighted by molar-refractivity contribution is 0.0993. The van der Waals surface area contributed by atoms with Gasteiger partial charge in [0.25, 0.3) is 0 Å². The van der Waals surface area contributed by atoms with Crippen molar-refractivity contribution in [2.75, 3.05) is 5.32 Å². The molecule has 0 amide bonds. The van der Waals surface area contributed by atoms with Crippen LogP contribution in [0.4, 0.5) is 15.8 Å². The molecule has 6 heteroatoms. The highest BCUT2D eigenvalue weighted by molar-refractivity contribution is 6.29. The summed E-state index contributed by atoms with van der Waals surface area (Å²) >= 11 is 5.83. The first-order valence-corrected chi connectivity index (χ1v) is 7.60. The minimum Gasteiger partial charge on any atom is -0.354 e. The van der Waals surface area contributed by atoms with Crippen LogP contribution in [0.1, 0.15) is 15.9 Å². The second-order valence-corrected chi connectivity index (χ2v) is 5.52. The quantitative estimate of drug-likeness (QED) is 0.550. The largest absolute Gasteiger partial charge is 0.354 e. The number of hydrogen-bond acceptors (Lipinski definition) is 4. The lowest BCUT2D eigenvalue weighted by Gasteiger charge is -2.11. The molecule has 120 valence electrons. The summed E-state index contributed by atoms with van der Waals surface area (Å²) in [6.07, 6.45) is 4.94. The van der Waals surface area contributed by atoms with E-state index in [2.05, 4.69) is 15.3 Å². The number of aromatic nitrogens is 2. The van der Waals surface area contributed by atoms with Gasteiger partial charge in [0, 0.05) is 30.1 Å². The lowest BCUT2D eigenvalue weighted by Crippen LogP contribution is -2.06. The SMILES string of the molecule is O=C(Cc1ccncc1Nc1ccc(F)cc1)c1ccnc(Cl)c1. The molecule has 0 aliphatic rings. The van der Waals surface area contributed by atoms with Crippen LogP contribution < -0.4 is 5.32 Å². The molecule has 0 aliphatic heterocycles. The Labute approximate surface area is 143 Å². The predicted molar refractivity (Wildman–Crippen MR) is 91.2 cm³/mol. The van der Waals surface area contributed by atoms with E-state index in [0.717, 1.165) is 5.56 Å². The van der Waals surface area contributed by atoms with Crippen molar-refractivity contribution in [3.05, 3.63) is 83.2 Å². The van der Waals surface area contributed by atoms with Crippen LogP contribution in [0.15, 0.2) is 61.1 Å². The molecule has 1 N–H and O–H groups in total. The van der Waals surface area contributed by atoms with Gasteiger partial charge in [0.1, 0.15) is 11.0 Å². The Morgan fingerprint density at radius 2 is 1.92 bits per heavy atom. The van der Waals surface area contributed by atoms with Gasteiger partial charge in [-0.2, -0.15) is 0 Å². The van der Waals surface area contributed by atoms with Crippen molar-refractivity contribution in [1.29, 1.82) is 0 Å². The minimum atomic E-state index is -0.309. The van der Waals surface area contributed by atoms with E-state index < -0.39 is 0 Å². The molecule has 3 rings (SSSR count). The fourth-order valence-electron chi connectivity index (χ4n) is 2.23. The molecule has 2 aromatic heterocycles. The Morgan fingerprint density at radius 3 is 2.67 bits per heavy atom. The average molecular weight is 342 g/mol. The van der Waals surface area contributed by atoms with Gasteiger partial charge in [-0.05, 0) is 48.0 Å². The van der Waals surface area contributed by atoms with E-state index in [1.807, 2.05) is 0 Å². The van der Waals surface area contributed by atoms with Gasteiger partial charge >= 0.3 is 0 Å². The van der Waals surface area contributed by atoms with E-state index in [-0.39, 0.29) is 23.2 Å². The molecule has 3 aromatic rings. The summed E-state index contributed by atoms with van der Waals surface area (Å²) in [6.45, 7) is 0. The third kappa shape index (κ3) is 3.94. The summed E-state index contributed by atoms with van der Waals surface area (Å²) in [6, 6.07) is 10.9. The molecule has 0 bridgehead atoms. The van der Waals surface area contributed by atoms with Gasteiger partial charge < -0.3 is 5.32 Å². The average Bonchev–Trinajstić information content (AvgIpc) is 2.58. The fourth-order valence-corrected chi connectivity index (χ4v) is 2.40. The van der Waals surface area contributed by atoms with Gasteiger partial charge in [-0.1, -0.05) is 11.6 Å². The number of ketones is 1. The zero-order valence-corrected chi connectivity index (χ0v) is 13.3. The number of rotatable bonds is 5. The number of nitrogens with one attached hydrogen (secondary N) is 1. The molecule has 0 radical (unpaired) electrons. The van der Waals surface area contributed by atoms with Crippen LogP contribution in [0.5, 0.6) is 0 Å². The van der Waals surface area contributed by atoms with Crippen molar-refractivity contribution in [2.45, 2.75) is 6.42 Å². The van der Waals surface area contributed by atoms with E-state index in [9.17, 15) is 9.18 Å². The maximum Gasteiger partial charge on any atom is 0.167 e. The summed E-state index contributed by atoms with van der Waals surface area (Å²) in [4.78, 5) is 20.4. The van der Waals surface area contributed by atoms with Crippen LogP contribution in [-0.2, 0) is 6.42 Å². The van der Waals surface area contributed by atoms with Crippen LogP contribution in [0.3, 0.4) is 0 Å². The van der Waals surface area contributed by atoms with Gasteiger partial charge in [-0.25, -0.2) is 9.37 Å². The molecule has 0 unspecified atom stereocenters. The Morgan fingerprint density at radius 1 is 1.12 bits per heavy atom. The first-order valence-electron chi connectivity index (χ1n) is 7.22. The molecular weight excluding hydrogens is 329 g/mol. The topological polar surface area (TPSA) is 54.9 Å². The van der Waals surface area contributed by atoms with Crippen molar-refractivity contribution in [2.24, 2.45) is 0 Å². The van der Waals surface area contributed by atoms with Crippen LogP contribution in [-0.4, -0.2) is 15.8 Å². The smallest absolute Gasteiger partial charge is 0.167 e. The molecule has 0 saturated heterocycles. The predicted octanol–water partition coefficient (Wildman–Crippen LogP) is 4.44. The van der Waals surface area contributed by atoms with Crippen molar-refractivity contribution in [3.8, 4) is 0 Å². The molecule has 0 fully saturated rings. The number of Topliss-reactive ketones (excluding diaryl/α,β-unsaturated/α-hetero) is 1. The van der Waals surface area contributed by atoms with Crippen molar-refractivity contribution in [1.82, 2.24) is 9.97 Å². The minimum absolute atomic E-state index is 0.0762. The molecule has 24 heavy (non-hydrogen) atoms. The fraction of sp³-hybridized carbons (Fsp3) is 0.0556. The Balaban J connectivity index is 1.81. The van der Waals surface area contributed by atoms with Crippen molar-refractivity contribution < 1.29 is 9.18 Å². The van der Waals surface area contributed by atoms with Gasteiger partial charge in [0.05, 0.1) is 11.9 Å². The summed E-state index contributed by atoms with van der Waals surface area (Å²) < 4.78 is 13.0. The Bertz CT molecular complexity index is 868. The third-order valence-electron chi connectivity index (χ3n) is 3.43. The second-order valence-electron chi connectivity index (χ2n) is 5.13. The maximum atomic E-state index is 13.0. The molecule has 1 aromatic carbocycles. The second kappa shape index (κ2) is 7.19. The number of pyridine rings is 2. The number of carbonyl (C=O) groups excluding carboxylic acids is 1. The highest BCUT2D eigenvalue weighted by Gasteiger charge is 2.11. The van der Waals surface area contributed by atoms with E-state index in [1.165, 1.54) is 24.4 Å². The van der Waals surface area contributed by atoms with Crippen LogP contribution in [0.2, 0.25) is 5.15 Å². The first-order chi connectivity index (χ1) is 11.6. The molecular formula is C18H13ClFN3O. The number of nitrogens with zero attached hydrogens (tertiary/aromatic N) is 2. The van der Waals surface area contributed by atoms with Crippen molar-refractivity contribution in [3.63, 3.8) is 0 Å². The summed E-state index contributed by atoms with van der Waals surface area (Å²) in [5.74, 6) is -0.385. The van der Waals surface area contributed by atoms with Crippen molar-refractivity contribution >= 4 is 28.8 Å². The van der Waals surface area contributed by atoms with Gasteiger partial charge in [-0.3, -0.25) is 9.78 Å². The number of benzene rings is 1. The molecule has 4 nitrogen and oxygen atoms in total. The summed E-state index contributed by atoms with van der Waals surface area (Å²) in [5.41, 5.74) is 2.69. The van der Waals surface area contributed by atoms with E-state index in [4.69, 9.17) is 11.6 Å². The van der Waals surface area contributed by atoms with Crippen LogP contribution in [0.25, 0.3) is 0 Å². The molecule has 0 spiro atoms. The Hall–Kier alpha value is -2.79. The van der Waals surface area contributed by atoms with E-state index >= 15 is 0 Å². The van der Waals surface area contributed by atoms with Gasteiger partial charge in [-0.15, -0.1) is 0 Å². The van der Waals surface area contributed by atoms with E-state index in [0.29, 0.717) is 16.9 Å². The zero-order chi connectivity index (χ0) is 16.9. The first kappa shape index (κ1) is 16.1. The number of anilines is 2. The number of hydrogen-bond donors (Lipinski definition) is 1. The third-order valence-corrected chi connectivity index (χ3v) is 3.64. The highest BCUT2D eigenvalue weighted by atomic mass is 35.5. The number of halogens is 2. The van der Waals surface area contributed by atoms with Gasteiger partial charge in [0.15, 0.2) is 5.78 Å². The number of carbonyl (C=O) groups is 1. The summed E-state index contributed by atoms with van der Waals surface area (Å²) in [5, 5.41) is 3.43. The molecule has 0 saturated carbocycles. The highest BCUT2D eigenvalue weighted by Crippen LogP contribution is 2.22. The zero-order valence-electron chi connectivity index (χ0n) is 12.5. The molecule has 0 aliphatic carbocycles. The van der Waals surface area contributed by atoms with Crippen LogP contribution in [0, 0.1) is 5.82 Å². The normalized spacial score (nSPS) is 10.4. The molecule has 0 atom stereocenters. The monoisotopic (exact) mass is 341 g/mol.